The summed E-state index contributed by atoms with van der Waals surface area (Å²) >= 11 is 0. The molecule has 1 aromatic heterocycles. The van der Waals surface area contributed by atoms with Crippen molar-refractivity contribution in [2.75, 3.05) is 72.2 Å². The Balaban J connectivity index is 1.30. The van der Waals surface area contributed by atoms with Crippen molar-refractivity contribution in [3.63, 3.8) is 0 Å². The van der Waals surface area contributed by atoms with Gasteiger partial charge in [-0.05, 0) is 31.6 Å². The lowest BCUT2D eigenvalue weighted by Gasteiger charge is -2.27. The maximum absolute atomic E-state index is 5.41. The molecule has 24 heavy (non-hydrogen) atoms. The number of morpholine rings is 2. The van der Waals surface area contributed by atoms with E-state index in [1.165, 1.54) is 18.7 Å². The molecule has 0 spiro atoms. The highest BCUT2D eigenvalue weighted by Gasteiger charge is 2.11. The van der Waals surface area contributed by atoms with Crippen LogP contribution in [0.5, 0.6) is 0 Å². The Morgan fingerprint density at radius 1 is 0.875 bits per heavy atom. The zero-order valence-electron chi connectivity index (χ0n) is 14.8. The number of rotatable bonds is 9. The Kier molecular flexibility index (Phi) is 7.57. The van der Waals surface area contributed by atoms with E-state index in [1.54, 1.807) is 0 Å². The van der Waals surface area contributed by atoms with Crippen LogP contribution < -0.4 is 5.32 Å². The molecule has 136 valence electrons. The molecule has 0 aliphatic carbocycles. The second-order valence-electron chi connectivity index (χ2n) is 6.63. The topological polar surface area (TPSA) is 41.9 Å². The Hall–Kier alpha value is -0.920. The fourth-order valence-corrected chi connectivity index (χ4v) is 3.37. The van der Waals surface area contributed by atoms with Crippen molar-refractivity contribution in [3.8, 4) is 0 Å². The SMILES string of the molecule is c1cc(CNCCCN2CCOCC2)n(CCN2CCOCC2)c1. The first-order chi connectivity index (χ1) is 11.9. The second-order valence-corrected chi connectivity index (χ2v) is 6.63. The van der Waals surface area contributed by atoms with Crippen LogP contribution in [0.2, 0.25) is 0 Å². The zero-order valence-corrected chi connectivity index (χ0v) is 14.8. The monoisotopic (exact) mass is 336 g/mol. The van der Waals surface area contributed by atoms with Crippen LogP contribution >= 0.6 is 0 Å². The highest BCUT2D eigenvalue weighted by atomic mass is 16.5. The van der Waals surface area contributed by atoms with E-state index in [0.717, 1.165) is 78.8 Å². The second kappa shape index (κ2) is 10.2. The van der Waals surface area contributed by atoms with Crippen molar-refractivity contribution in [2.45, 2.75) is 19.5 Å². The standard InChI is InChI=1S/C18H32N4O2/c1-3-18(17-19-4-2-5-20-9-13-23-14-10-20)22(6-1)8-7-21-11-15-24-16-12-21/h1,3,6,19H,2,4-5,7-17H2. The summed E-state index contributed by atoms with van der Waals surface area (Å²) in [5.74, 6) is 0. The molecule has 6 heteroatoms. The van der Waals surface area contributed by atoms with Crippen molar-refractivity contribution in [3.05, 3.63) is 24.0 Å². The molecule has 0 saturated carbocycles. The van der Waals surface area contributed by atoms with E-state index in [-0.39, 0.29) is 0 Å². The van der Waals surface area contributed by atoms with Crippen LogP contribution in [0.1, 0.15) is 12.1 Å². The lowest BCUT2D eigenvalue weighted by Crippen LogP contribution is -2.38. The van der Waals surface area contributed by atoms with Crippen molar-refractivity contribution in [2.24, 2.45) is 0 Å². The van der Waals surface area contributed by atoms with Gasteiger partial charge in [-0.25, -0.2) is 0 Å². The summed E-state index contributed by atoms with van der Waals surface area (Å²) in [6.45, 7) is 13.2. The molecular weight excluding hydrogens is 304 g/mol. The lowest BCUT2D eigenvalue weighted by molar-refractivity contribution is 0.0363. The molecule has 0 amide bonds. The van der Waals surface area contributed by atoms with Gasteiger partial charge in [-0.15, -0.1) is 0 Å². The summed E-state index contributed by atoms with van der Waals surface area (Å²) < 4.78 is 13.2. The fraction of sp³-hybridized carbons (Fsp3) is 0.778. The Morgan fingerprint density at radius 3 is 2.25 bits per heavy atom. The molecule has 0 atom stereocenters. The van der Waals surface area contributed by atoms with E-state index in [9.17, 15) is 0 Å². The highest BCUT2D eigenvalue weighted by Crippen LogP contribution is 2.04. The molecule has 1 aromatic rings. The summed E-state index contributed by atoms with van der Waals surface area (Å²) in [6.07, 6.45) is 3.40. The summed E-state index contributed by atoms with van der Waals surface area (Å²) in [6, 6.07) is 4.39. The predicted molar refractivity (Wildman–Crippen MR) is 95.3 cm³/mol. The summed E-state index contributed by atoms with van der Waals surface area (Å²) in [5, 5.41) is 3.59. The highest BCUT2D eigenvalue weighted by molar-refractivity contribution is 5.07. The molecule has 2 saturated heterocycles. The summed E-state index contributed by atoms with van der Waals surface area (Å²) in [4.78, 5) is 4.99. The van der Waals surface area contributed by atoms with Crippen LogP contribution in [-0.2, 0) is 22.6 Å². The van der Waals surface area contributed by atoms with Gasteiger partial charge in [0.15, 0.2) is 0 Å². The van der Waals surface area contributed by atoms with Crippen LogP contribution in [0.4, 0.5) is 0 Å². The van der Waals surface area contributed by atoms with E-state index >= 15 is 0 Å². The maximum atomic E-state index is 5.41. The first kappa shape index (κ1) is 17.9. The van der Waals surface area contributed by atoms with E-state index in [1.807, 2.05) is 0 Å². The van der Waals surface area contributed by atoms with Crippen LogP contribution in [0.3, 0.4) is 0 Å². The van der Waals surface area contributed by atoms with Gasteiger partial charge >= 0.3 is 0 Å². The zero-order chi connectivity index (χ0) is 16.5. The lowest BCUT2D eigenvalue weighted by atomic mass is 10.3. The summed E-state index contributed by atoms with van der Waals surface area (Å²) in [7, 11) is 0. The molecule has 6 nitrogen and oxygen atoms in total. The van der Waals surface area contributed by atoms with Crippen molar-refractivity contribution >= 4 is 0 Å². The smallest absolute Gasteiger partial charge is 0.0594 e. The average Bonchev–Trinajstić information content (AvgIpc) is 3.09. The number of ether oxygens (including phenoxy) is 2. The molecule has 2 aliphatic rings. The van der Waals surface area contributed by atoms with Crippen LogP contribution in [0.15, 0.2) is 18.3 Å². The fourth-order valence-electron chi connectivity index (χ4n) is 3.37. The van der Waals surface area contributed by atoms with Gasteiger partial charge in [-0.3, -0.25) is 9.80 Å². The molecule has 2 fully saturated rings. The number of nitrogens with one attached hydrogen (secondary N) is 1. The van der Waals surface area contributed by atoms with Gasteiger partial charge in [0.2, 0.25) is 0 Å². The Bertz CT molecular complexity index is 454. The van der Waals surface area contributed by atoms with Gasteiger partial charge in [-0.2, -0.15) is 0 Å². The molecule has 1 N–H and O–H groups in total. The minimum absolute atomic E-state index is 0.878. The first-order valence-electron chi connectivity index (χ1n) is 9.37. The molecule has 3 heterocycles. The predicted octanol–water partition coefficient (Wildman–Crippen LogP) is 0.632. The Labute approximate surface area is 145 Å². The Morgan fingerprint density at radius 2 is 1.54 bits per heavy atom. The number of nitrogens with zero attached hydrogens (tertiary/aromatic N) is 3. The maximum Gasteiger partial charge on any atom is 0.0594 e. The van der Waals surface area contributed by atoms with Crippen LogP contribution in [0, 0.1) is 0 Å². The minimum Gasteiger partial charge on any atom is -0.379 e. The molecule has 0 unspecified atom stereocenters. The number of hydrogen-bond acceptors (Lipinski definition) is 5. The normalized spacial score (nSPS) is 20.5. The van der Waals surface area contributed by atoms with Gasteiger partial charge in [0.05, 0.1) is 26.4 Å². The number of hydrogen-bond donors (Lipinski definition) is 1. The van der Waals surface area contributed by atoms with Gasteiger partial charge < -0.3 is 19.4 Å². The molecular formula is C18H32N4O2. The van der Waals surface area contributed by atoms with E-state index in [2.05, 4.69) is 38.0 Å². The van der Waals surface area contributed by atoms with Gasteiger partial charge in [-0.1, -0.05) is 0 Å². The van der Waals surface area contributed by atoms with Gasteiger partial charge in [0.25, 0.3) is 0 Å². The molecule has 0 radical (unpaired) electrons. The molecule has 2 aliphatic heterocycles. The third-order valence-electron chi connectivity index (χ3n) is 4.92. The van der Waals surface area contributed by atoms with E-state index < -0.39 is 0 Å². The number of aromatic nitrogens is 1. The van der Waals surface area contributed by atoms with Crippen molar-refractivity contribution in [1.82, 2.24) is 19.7 Å². The molecule has 3 rings (SSSR count). The van der Waals surface area contributed by atoms with Crippen molar-refractivity contribution in [1.29, 1.82) is 0 Å². The van der Waals surface area contributed by atoms with Gasteiger partial charge in [0.1, 0.15) is 0 Å². The van der Waals surface area contributed by atoms with E-state index in [4.69, 9.17) is 9.47 Å². The minimum atomic E-state index is 0.878. The average molecular weight is 336 g/mol. The van der Waals surface area contributed by atoms with Gasteiger partial charge in [0, 0.05) is 57.7 Å². The molecule has 0 bridgehead atoms. The van der Waals surface area contributed by atoms with Crippen molar-refractivity contribution < 1.29 is 9.47 Å². The third-order valence-corrected chi connectivity index (χ3v) is 4.92. The van der Waals surface area contributed by atoms with Crippen LogP contribution in [-0.4, -0.2) is 86.6 Å². The van der Waals surface area contributed by atoms with E-state index in [0.29, 0.717) is 0 Å². The molecule has 0 aromatic carbocycles. The first-order valence-corrected chi connectivity index (χ1v) is 9.37. The largest absolute Gasteiger partial charge is 0.379 e. The quantitative estimate of drug-likeness (QED) is 0.670. The van der Waals surface area contributed by atoms with Crippen LogP contribution in [0.25, 0.3) is 0 Å². The summed E-state index contributed by atoms with van der Waals surface area (Å²) in [5.41, 5.74) is 1.38. The third kappa shape index (κ3) is 5.86.